The van der Waals surface area contributed by atoms with E-state index in [1.807, 2.05) is 30.3 Å². The molecule has 1 aliphatic rings. The fourth-order valence-corrected chi connectivity index (χ4v) is 2.49. The molecule has 2 nitrogen and oxygen atoms in total. The Morgan fingerprint density at radius 1 is 1.47 bits per heavy atom. The van der Waals surface area contributed by atoms with Gasteiger partial charge in [0, 0.05) is 17.1 Å². The molecule has 1 saturated carbocycles. The molecule has 0 amide bonds. The molecule has 0 atom stereocenters. The molecular weight excluding hydrogens is 276 g/mol. The minimum absolute atomic E-state index is 0.285. The van der Waals surface area contributed by atoms with Crippen LogP contribution in [0.2, 0.25) is 0 Å². The molecule has 0 aliphatic heterocycles. The Morgan fingerprint density at radius 3 is 2.65 bits per heavy atom. The van der Waals surface area contributed by atoms with E-state index in [-0.39, 0.29) is 5.41 Å². The summed E-state index contributed by atoms with van der Waals surface area (Å²) in [7, 11) is 0. The molecule has 1 fully saturated rings. The summed E-state index contributed by atoms with van der Waals surface area (Å²) in [6.45, 7) is 4.55. The third-order valence-electron chi connectivity index (χ3n) is 3.31. The van der Waals surface area contributed by atoms with Gasteiger partial charge in [0.1, 0.15) is 0 Å². The first kappa shape index (κ1) is 12.3. The van der Waals surface area contributed by atoms with Gasteiger partial charge in [0.2, 0.25) is 0 Å². The number of hydrogen-bond acceptors (Lipinski definition) is 2. The van der Waals surface area contributed by atoms with Crippen molar-refractivity contribution in [3.05, 3.63) is 47.0 Å². The van der Waals surface area contributed by atoms with Crippen LogP contribution < -0.4 is 5.32 Å². The topological polar surface area (TPSA) is 35.8 Å². The Balaban J connectivity index is 1.99. The van der Waals surface area contributed by atoms with Crippen molar-refractivity contribution in [1.29, 1.82) is 5.26 Å². The van der Waals surface area contributed by atoms with Crippen molar-refractivity contribution in [2.24, 2.45) is 0 Å². The molecule has 17 heavy (non-hydrogen) atoms. The van der Waals surface area contributed by atoms with Crippen molar-refractivity contribution in [3.8, 4) is 6.07 Å². The van der Waals surface area contributed by atoms with E-state index in [0.29, 0.717) is 6.04 Å². The molecule has 0 radical (unpaired) electrons. The zero-order valence-corrected chi connectivity index (χ0v) is 11.2. The second-order valence-electron chi connectivity index (χ2n) is 4.56. The van der Waals surface area contributed by atoms with Crippen LogP contribution in [0.1, 0.15) is 18.4 Å². The number of nitrogens with one attached hydrogen (secondary N) is 1. The lowest BCUT2D eigenvalue weighted by atomic mass is 9.62. The van der Waals surface area contributed by atoms with Gasteiger partial charge in [0.25, 0.3) is 0 Å². The molecule has 0 aromatic heterocycles. The molecule has 0 unspecified atom stereocenters. The molecule has 0 saturated heterocycles. The largest absolute Gasteiger partial charge is 0.309 e. The maximum Gasteiger partial charge on any atom is 0.0852 e. The lowest BCUT2D eigenvalue weighted by Gasteiger charge is -2.43. The minimum Gasteiger partial charge on any atom is -0.309 e. The molecule has 1 aromatic carbocycles. The van der Waals surface area contributed by atoms with Gasteiger partial charge in [-0.15, -0.1) is 0 Å². The van der Waals surface area contributed by atoms with Crippen LogP contribution in [-0.2, 0) is 5.41 Å². The minimum atomic E-state index is -0.285. The van der Waals surface area contributed by atoms with E-state index in [0.717, 1.165) is 29.4 Å². The van der Waals surface area contributed by atoms with Crippen LogP contribution in [0.3, 0.4) is 0 Å². The van der Waals surface area contributed by atoms with Gasteiger partial charge in [-0.05, 0) is 18.4 Å². The van der Waals surface area contributed by atoms with Crippen molar-refractivity contribution in [1.82, 2.24) is 5.32 Å². The average Bonchev–Trinajstić information content (AvgIpc) is 2.29. The van der Waals surface area contributed by atoms with Crippen molar-refractivity contribution in [2.75, 3.05) is 6.54 Å². The number of nitriles is 1. The maximum atomic E-state index is 9.38. The molecular formula is C14H15BrN2. The van der Waals surface area contributed by atoms with Crippen LogP contribution in [0.25, 0.3) is 0 Å². The standard InChI is InChI=1S/C14H15BrN2/c1-11(15)9-17-13-7-14(8-13,10-16)12-5-3-2-4-6-12/h2-6,13,17H,1,7-9H2. The van der Waals surface area contributed by atoms with Crippen LogP contribution in [0.4, 0.5) is 0 Å². The maximum absolute atomic E-state index is 9.38. The Morgan fingerprint density at radius 2 is 2.12 bits per heavy atom. The Kier molecular flexibility index (Phi) is 3.66. The van der Waals surface area contributed by atoms with Gasteiger partial charge < -0.3 is 5.32 Å². The zero-order chi connectivity index (χ0) is 12.3. The van der Waals surface area contributed by atoms with Gasteiger partial charge in [-0.1, -0.05) is 52.8 Å². The third kappa shape index (κ3) is 2.59. The van der Waals surface area contributed by atoms with Gasteiger partial charge >= 0.3 is 0 Å². The van der Waals surface area contributed by atoms with Crippen molar-refractivity contribution in [3.63, 3.8) is 0 Å². The van der Waals surface area contributed by atoms with Gasteiger partial charge in [-0.25, -0.2) is 0 Å². The first-order chi connectivity index (χ1) is 8.16. The van der Waals surface area contributed by atoms with Gasteiger partial charge in [-0.3, -0.25) is 0 Å². The van der Waals surface area contributed by atoms with Crippen LogP contribution in [0.15, 0.2) is 41.4 Å². The highest BCUT2D eigenvalue weighted by Crippen LogP contribution is 2.43. The summed E-state index contributed by atoms with van der Waals surface area (Å²) in [4.78, 5) is 0. The number of nitrogens with zero attached hydrogens (tertiary/aromatic N) is 1. The molecule has 1 aromatic rings. The Hall–Kier alpha value is -1.11. The molecule has 1 aliphatic carbocycles. The lowest BCUT2D eigenvalue weighted by molar-refractivity contribution is 0.232. The highest BCUT2D eigenvalue weighted by atomic mass is 79.9. The van der Waals surface area contributed by atoms with Crippen molar-refractivity contribution >= 4 is 15.9 Å². The van der Waals surface area contributed by atoms with E-state index < -0.39 is 0 Å². The Labute approximate surface area is 110 Å². The average molecular weight is 291 g/mol. The van der Waals surface area contributed by atoms with Crippen LogP contribution in [0, 0.1) is 11.3 Å². The van der Waals surface area contributed by atoms with Crippen LogP contribution >= 0.6 is 15.9 Å². The summed E-state index contributed by atoms with van der Waals surface area (Å²) in [5.74, 6) is 0. The monoisotopic (exact) mass is 290 g/mol. The molecule has 1 N–H and O–H groups in total. The van der Waals surface area contributed by atoms with E-state index in [2.05, 4.69) is 33.9 Å². The van der Waals surface area contributed by atoms with E-state index in [1.165, 1.54) is 0 Å². The summed E-state index contributed by atoms with van der Waals surface area (Å²) in [5, 5.41) is 12.8. The normalized spacial score (nSPS) is 26.9. The quantitative estimate of drug-likeness (QED) is 0.925. The second kappa shape index (κ2) is 5.03. The predicted molar refractivity (Wildman–Crippen MR) is 72.8 cm³/mol. The van der Waals surface area contributed by atoms with Gasteiger partial charge in [0.15, 0.2) is 0 Å². The van der Waals surface area contributed by atoms with E-state index in [1.54, 1.807) is 0 Å². The summed E-state index contributed by atoms with van der Waals surface area (Å²) in [5.41, 5.74) is 0.852. The molecule has 0 bridgehead atoms. The van der Waals surface area contributed by atoms with E-state index in [9.17, 15) is 5.26 Å². The van der Waals surface area contributed by atoms with Gasteiger partial charge in [0.05, 0.1) is 11.5 Å². The fraction of sp³-hybridized carbons (Fsp3) is 0.357. The number of halogens is 1. The first-order valence-electron chi connectivity index (χ1n) is 5.70. The molecule has 0 spiro atoms. The van der Waals surface area contributed by atoms with E-state index in [4.69, 9.17) is 0 Å². The molecule has 0 heterocycles. The molecule has 3 heteroatoms. The highest BCUT2D eigenvalue weighted by Gasteiger charge is 2.45. The smallest absolute Gasteiger partial charge is 0.0852 e. The first-order valence-corrected chi connectivity index (χ1v) is 6.49. The zero-order valence-electron chi connectivity index (χ0n) is 9.62. The van der Waals surface area contributed by atoms with Gasteiger partial charge in [-0.2, -0.15) is 5.26 Å². The fourth-order valence-electron chi connectivity index (χ4n) is 2.33. The number of hydrogen-bond donors (Lipinski definition) is 1. The predicted octanol–water partition coefficient (Wildman–Crippen LogP) is 3.11. The second-order valence-corrected chi connectivity index (χ2v) is 5.68. The Bertz CT molecular complexity index is 441. The van der Waals surface area contributed by atoms with Crippen LogP contribution in [-0.4, -0.2) is 12.6 Å². The van der Waals surface area contributed by atoms with E-state index >= 15 is 0 Å². The summed E-state index contributed by atoms with van der Waals surface area (Å²) in [6, 6.07) is 13.0. The molecule has 2 rings (SSSR count). The molecule has 88 valence electrons. The number of rotatable bonds is 4. The summed E-state index contributed by atoms with van der Waals surface area (Å²) >= 11 is 3.32. The highest BCUT2D eigenvalue weighted by molar-refractivity contribution is 9.11. The summed E-state index contributed by atoms with van der Waals surface area (Å²) < 4.78 is 0.951. The number of benzene rings is 1. The van der Waals surface area contributed by atoms with Crippen molar-refractivity contribution < 1.29 is 0 Å². The van der Waals surface area contributed by atoms with Crippen LogP contribution in [0.5, 0.6) is 0 Å². The third-order valence-corrected chi connectivity index (χ3v) is 3.59. The lowest BCUT2D eigenvalue weighted by Crippen LogP contribution is -2.51. The summed E-state index contributed by atoms with van der Waals surface area (Å²) in [6.07, 6.45) is 1.77. The van der Waals surface area contributed by atoms with Crippen molar-refractivity contribution in [2.45, 2.75) is 24.3 Å². The SMILES string of the molecule is C=C(Br)CNC1CC(C#N)(c2ccccc2)C1.